The molecular weight excluding hydrogens is 240 g/mol. The predicted molar refractivity (Wildman–Crippen MR) is 72.8 cm³/mol. The van der Waals surface area contributed by atoms with Crippen molar-refractivity contribution in [2.45, 2.75) is 25.7 Å². The molecule has 0 N–H and O–H groups in total. The Kier molecular flexibility index (Phi) is 3.62. The molecule has 2 aliphatic heterocycles. The Balaban J connectivity index is 1.66. The Morgan fingerprint density at radius 1 is 1.11 bits per heavy atom. The van der Waals surface area contributed by atoms with Gasteiger partial charge in [-0.1, -0.05) is 0 Å². The van der Waals surface area contributed by atoms with Gasteiger partial charge < -0.3 is 9.80 Å². The van der Waals surface area contributed by atoms with Gasteiger partial charge in [0.15, 0.2) is 0 Å². The summed E-state index contributed by atoms with van der Waals surface area (Å²) in [5.74, 6) is 1.20. The highest BCUT2D eigenvalue weighted by atomic mass is 16.2. The topological polar surface area (TPSA) is 49.3 Å². The maximum atomic E-state index is 12.4. The van der Waals surface area contributed by atoms with Gasteiger partial charge in [0.05, 0.1) is 5.92 Å². The van der Waals surface area contributed by atoms with Gasteiger partial charge in [-0.05, 0) is 31.7 Å². The molecule has 1 amide bonds. The number of rotatable bonds is 2. The van der Waals surface area contributed by atoms with E-state index in [1.807, 2.05) is 11.0 Å². The summed E-state index contributed by atoms with van der Waals surface area (Å²) in [5, 5.41) is 0. The fourth-order valence-electron chi connectivity index (χ4n) is 3.01. The van der Waals surface area contributed by atoms with Crippen LogP contribution in [0.5, 0.6) is 0 Å². The predicted octanol–water partition coefficient (Wildman–Crippen LogP) is 1.32. The number of carbonyl (C=O) groups excluding carboxylic acids is 1. The third-order valence-electron chi connectivity index (χ3n) is 4.02. The molecule has 3 rings (SSSR count). The lowest BCUT2D eigenvalue weighted by Gasteiger charge is -2.33. The van der Waals surface area contributed by atoms with Crippen molar-refractivity contribution in [2.24, 2.45) is 5.92 Å². The van der Waals surface area contributed by atoms with Crippen LogP contribution in [-0.4, -0.2) is 47.0 Å². The number of piperidine rings is 1. The first-order valence-corrected chi connectivity index (χ1v) is 7.15. The molecule has 2 fully saturated rings. The molecule has 0 spiro atoms. The van der Waals surface area contributed by atoms with Crippen molar-refractivity contribution in [3.05, 3.63) is 18.5 Å². The average Bonchev–Trinajstić information content (AvgIpc) is 3.02. The first kappa shape index (κ1) is 12.4. The molecule has 0 unspecified atom stereocenters. The highest BCUT2D eigenvalue weighted by molar-refractivity contribution is 5.79. The second kappa shape index (κ2) is 5.55. The minimum absolute atomic E-state index is 0.121. The smallest absolute Gasteiger partial charge is 0.227 e. The van der Waals surface area contributed by atoms with Crippen LogP contribution >= 0.6 is 0 Å². The molecule has 19 heavy (non-hydrogen) atoms. The summed E-state index contributed by atoms with van der Waals surface area (Å²) in [7, 11) is 0. The minimum Gasteiger partial charge on any atom is -0.342 e. The molecule has 5 heteroatoms. The monoisotopic (exact) mass is 260 g/mol. The number of anilines is 1. The van der Waals surface area contributed by atoms with Crippen LogP contribution in [0.4, 0.5) is 5.95 Å². The minimum atomic E-state index is 0.121. The largest absolute Gasteiger partial charge is 0.342 e. The molecule has 3 heterocycles. The maximum absolute atomic E-state index is 12.4. The van der Waals surface area contributed by atoms with E-state index in [4.69, 9.17) is 0 Å². The van der Waals surface area contributed by atoms with Crippen LogP contribution in [0.3, 0.4) is 0 Å². The van der Waals surface area contributed by atoms with Gasteiger partial charge in [0, 0.05) is 38.6 Å². The zero-order valence-electron chi connectivity index (χ0n) is 11.2. The van der Waals surface area contributed by atoms with Gasteiger partial charge in [-0.15, -0.1) is 0 Å². The number of nitrogens with zero attached hydrogens (tertiary/aromatic N) is 4. The summed E-state index contributed by atoms with van der Waals surface area (Å²) in [6.07, 6.45) is 7.87. The fraction of sp³-hybridized carbons (Fsp3) is 0.643. The molecule has 1 aromatic rings. The van der Waals surface area contributed by atoms with Gasteiger partial charge in [0.2, 0.25) is 11.9 Å². The molecule has 0 aliphatic carbocycles. The third-order valence-corrected chi connectivity index (χ3v) is 4.02. The average molecular weight is 260 g/mol. The zero-order valence-corrected chi connectivity index (χ0v) is 11.2. The van der Waals surface area contributed by atoms with E-state index in [-0.39, 0.29) is 5.92 Å². The standard InChI is InChI=1S/C14H20N4O/c19-13(17-8-1-2-9-17)12-5-3-10-18(11-12)14-15-6-4-7-16-14/h4,6-7,12H,1-3,5,8-11H2/t12-/m0/s1. The zero-order chi connectivity index (χ0) is 13.1. The number of carbonyl (C=O) groups is 1. The molecule has 0 aromatic carbocycles. The lowest BCUT2D eigenvalue weighted by molar-refractivity contribution is -0.134. The summed E-state index contributed by atoms with van der Waals surface area (Å²) in [4.78, 5) is 25.2. The number of hydrogen-bond donors (Lipinski definition) is 0. The Labute approximate surface area is 113 Å². The van der Waals surface area contributed by atoms with Gasteiger partial charge >= 0.3 is 0 Å². The van der Waals surface area contributed by atoms with Crippen LogP contribution in [-0.2, 0) is 4.79 Å². The lowest BCUT2D eigenvalue weighted by Crippen LogP contribution is -2.44. The number of hydrogen-bond acceptors (Lipinski definition) is 4. The first-order chi connectivity index (χ1) is 9.34. The number of amides is 1. The van der Waals surface area contributed by atoms with Gasteiger partial charge in [0.25, 0.3) is 0 Å². The van der Waals surface area contributed by atoms with E-state index in [0.29, 0.717) is 5.91 Å². The van der Waals surface area contributed by atoms with Crippen LogP contribution in [0.25, 0.3) is 0 Å². The molecule has 0 radical (unpaired) electrons. The van der Waals surface area contributed by atoms with Crippen molar-refractivity contribution in [1.29, 1.82) is 0 Å². The van der Waals surface area contributed by atoms with Gasteiger partial charge in [-0.25, -0.2) is 9.97 Å². The summed E-state index contributed by atoms with van der Waals surface area (Å²) in [5.41, 5.74) is 0. The van der Waals surface area contributed by atoms with Crippen molar-refractivity contribution in [2.75, 3.05) is 31.1 Å². The SMILES string of the molecule is O=C([C@H]1CCCN(c2ncccn2)C1)N1CCCC1. The van der Waals surface area contributed by atoms with Crippen molar-refractivity contribution in [1.82, 2.24) is 14.9 Å². The summed E-state index contributed by atoms with van der Waals surface area (Å²) < 4.78 is 0. The fourth-order valence-corrected chi connectivity index (χ4v) is 3.01. The van der Waals surface area contributed by atoms with Crippen LogP contribution in [0.15, 0.2) is 18.5 Å². The van der Waals surface area contributed by atoms with E-state index < -0.39 is 0 Å². The molecule has 5 nitrogen and oxygen atoms in total. The Hall–Kier alpha value is -1.65. The van der Waals surface area contributed by atoms with E-state index >= 15 is 0 Å². The van der Waals surface area contributed by atoms with Crippen molar-refractivity contribution in [3.63, 3.8) is 0 Å². The van der Waals surface area contributed by atoms with Gasteiger partial charge in [-0.3, -0.25) is 4.79 Å². The van der Waals surface area contributed by atoms with Crippen molar-refractivity contribution < 1.29 is 4.79 Å². The van der Waals surface area contributed by atoms with Crippen LogP contribution in [0, 0.1) is 5.92 Å². The van der Waals surface area contributed by atoms with E-state index in [1.165, 1.54) is 0 Å². The molecule has 1 aromatic heterocycles. The lowest BCUT2D eigenvalue weighted by atomic mass is 9.97. The van der Waals surface area contributed by atoms with E-state index in [0.717, 1.165) is 57.8 Å². The normalized spacial score (nSPS) is 23.7. The van der Waals surface area contributed by atoms with Crippen LogP contribution in [0.1, 0.15) is 25.7 Å². The molecule has 0 bridgehead atoms. The summed E-state index contributed by atoms with van der Waals surface area (Å²) in [6.45, 7) is 3.60. The Morgan fingerprint density at radius 3 is 2.58 bits per heavy atom. The van der Waals surface area contributed by atoms with E-state index in [9.17, 15) is 4.79 Å². The summed E-state index contributed by atoms with van der Waals surface area (Å²) >= 11 is 0. The molecule has 0 saturated carbocycles. The quantitative estimate of drug-likeness (QED) is 0.804. The third kappa shape index (κ3) is 2.69. The van der Waals surface area contributed by atoms with E-state index in [2.05, 4.69) is 14.9 Å². The van der Waals surface area contributed by atoms with Crippen molar-refractivity contribution in [3.8, 4) is 0 Å². The number of aromatic nitrogens is 2. The van der Waals surface area contributed by atoms with Crippen molar-refractivity contribution >= 4 is 11.9 Å². The van der Waals surface area contributed by atoms with Crippen LogP contribution < -0.4 is 4.90 Å². The maximum Gasteiger partial charge on any atom is 0.227 e. The second-order valence-electron chi connectivity index (χ2n) is 5.37. The van der Waals surface area contributed by atoms with E-state index in [1.54, 1.807) is 12.4 Å². The first-order valence-electron chi connectivity index (χ1n) is 7.15. The number of likely N-dealkylation sites (tertiary alicyclic amines) is 1. The van der Waals surface area contributed by atoms with Gasteiger partial charge in [0.1, 0.15) is 0 Å². The molecule has 102 valence electrons. The molecular formula is C14H20N4O. The molecule has 1 atom stereocenters. The second-order valence-corrected chi connectivity index (χ2v) is 5.37. The van der Waals surface area contributed by atoms with Crippen LogP contribution in [0.2, 0.25) is 0 Å². The van der Waals surface area contributed by atoms with Gasteiger partial charge in [-0.2, -0.15) is 0 Å². The molecule has 2 saturated heterocycles. The Bertz CT molecular complexity index is 430. The highest BCUT2D eigenvalue weighted by Crippen LogP contribution is 2.23. The summed E-state index contributed by atoms with van der Waals surface area (Å²) in [6, 6.07) is 1.82. The Morgan fingerprint density at radius 2 is 1.84 bits per heavy atom. The molecule has 2 aliphatic rings. The highest BCUT2D eigenvalue weighted by Gasteiger charge is 2.31.